The number of nitrogens with one attached hydrogen (secondary N) is 1. The first-order valence-corrected chi connectivity index (χ1v) is 9.12. The van der Waals surface area contributed by atoms with Crippen LogP contribution < -0.4 is 15.1 Å². The number of fused-ring (bicyclic) bond motifs is 1. The lowest BCUT2D eigenvalue weighted by Gasteiger charge is -2.43. The molecular weight excluding hydrogens is 349 g/mol. The van der Waals surface area contributed by atoms with Crippen LogP contribution in [0.4, 0.5) is 21.6 Å². The van der Waals surface area contributed by atoms with E-state index in [9.17, 15) is 9.18 Å². The van der Waals surface area contributed by atoms with Crippen LogP contribution >= 0.6 is 0 Å². The van der Waals surface area contributed by atoms with Gasteiger partial charge in [0.25, 0.3) is 0 Å². The highest BCUT2D eigenvalue weighted by Crippen LogP contribution is 2.38. The van der Waals surface area contributed by atoms with Crippen LogP contribution in [0.2, 0.25) is 0 Å². The molecule has 0 spiro atoms. The lowest BCUT2D eigenvalue weighted by molar-refractivity contribution is 0.0601. The summed E-state index contributed by atoms with van der Waals surface area (Å²) in [6.07, 6.45) is 5.53. The van der Waals surface area contributed by atoms with E-state index in [-0.39, 0.29) is 5.56 Å². The summed E-state index contributed by atoms with van der Waals surface area (Å²) in [6, 6.07) is 4.55. The minimum absolute atomic E-state index is 0.195. The highest BCUT2D eigenvalue weighted by atomic mass is 19.1. The topological polar surface area (TPSA) is 70.6 Å². The third-order valence-electron chi connectivity index (χ3n) is 5.17. The van der Waals surface area contributed by atoms with Gasteiger partial charge in [0, 0.05) is 25.7 Å². The van der Waals surface area contributed by atoms with Gasteiger partial charge in [-0.1, -0.05) is 0 Å². The molecule has 0 aliphatic carbocycles. The van der Waals surface area contributed by atoms with Crippen molar-refractivity contribution in [1.82, 2.24) is 15.3 Å². The minimum atomic E-state index is -0.568. The zero-order valence-corrected chi connectivity index (χ0v) is 15.2. The van der Waals surface area contributed by atoms with E-state index in [0.717, 1.165) is 44.0 Å². The molecule has 2 aliphatic rings. The molecule has 7 nitrogen and oxygen atoms in total. The maximum atomic E-state index is 13.7. The van der Waals surface area contributed by atoms with Gasteiger partial charge in [-0.15, -0.1) is 0 Å². The van der Waals surface area contributed by atoms with E-state index in [0.29, 0.717) is 18.3 Å². The molecule has 0 radical (unpaired) electrons. The fourth-order valence-corrected chi connectivity index (χ4v) is 3.88. The summed E-state index contributed by atoms with van der Waals surface area (Å²) >= 11 is 0. The summed E-state index contributed by atoms with van der Waals surface area (Å²) in [6.45, 7) is 3.37. The lowest BCUT2D eigenvalue weighted by Crippen LogP contribution is -2.51. The van der Waals surface area contributed by atoms with Crippen LogP contribution in [0.3, 0.4) is 0 Å². The average Bonchev–Trinajstić information content (AvgIpc) is 2.73. The number of ether oxygens (including phenoxy) is 1. The summed E-state index contributed by atoms with van der Waals surface area (Å²) < 4.78 is 18.6. The van der Waals surface area contributed by atoms with Crippen molar-refractivity contribution < 1.29 is 13.9 Å². The Morgan fingerprint density at radius 2 is 2.22 bits per heavy atom. The van der Waals surface area contributed by atoms with Gasteiger partial charge in [0.05, 0.1) is 24.6 Å². The largest absolute Gasteiger partial charge is 0.465 e. The summed E-state index contributed by atoms with van der Waals surface area (Å²) in [4.78, 5) is 25.2. The third-order valence-corrected chi connectivity index (χ3v) is 5.17. The zero-order chi connectivity index (χ0) is 18.8. The van der Waals surface area contributed by atoms with Crippen LogP contribution in [0.25, 0.3) is 0 Å². The quantitative estimate of drug-likeness (QED) is 0.829. The Bertz CT molecular complexity index is 841. The van der Waals surface area contributed by atoms with Gasteiger partial charge in [0.15, 0.2) is 5.82 Å². The number of carbonyl (C=O) groups excluding carboxylic acids is 1. The van der Waals surface area contributed by atoms with Crippen molar-refractivity contribution in [3.05, 3.63) is 42.1 Å². The van der Waals surface area contributed by atoms with Crippen LogP contribution in [-0.4, -0.2) is 55.3 Å². The zero-order valence-electron chi connectivity index (χ0n) is 15.2. The highest BCUT2D eigenvalue weighted by molar-refractivity contribution is 5.97. The second kappa shape index (κ2) is 7.48. The summed E-state index contributed by atoms with van der Waals surface area (Å²) in [5.74, 6) is -0.206. The van der Waals surface area contributed by atoms with E-state index >= 15 is 0 Å². The van der Waals surface area contributed by atoms with Gasteiger partial charge in [0.1, 0.15) is 17.8 Å². The van der Waals surface area contributed by atoms with Crippen molar-refractivity contribution in [2.24, 2.45) is 0 Å². The first-order valence-electron chi connectivity index (χ1n) is 9.12. The molecule has 1 aromatic heterocycles. The number of nitrogens with zero attached hydrogens (tertiary/aromatic N) is 4. The molecule has 3 heterocycles. The molecule has 142 valence electrons. The van der Waals surface area contributed by atoms with E-state index in [2.05, 4.69) is 20.2 Å². The van der Waals surface area contributed by atoms with Crippen LogP contribution in [0.15, 0.2) is 30.7 Å². The van der Waals surface area contributed by atoms with Crippen LogP contribution in [-0.2, 0) is 4.74 Å². The maximum Gasteiger partial charge on any atom is 0.340 e. The number of anilines is 3. The Balaban J connectivity index is 1.74. The predicted molar refractivity (Wildman–Crippen MR) is 100 cm³/mol. The predicted octanol–water partition coefficient (Wildman–Crippen LogP) is 2.11. The molecule has 0 saturated carbocycles. The molecule has 1 N–H and O–H groups in total. The second-order valence-corrected chi connectivity index (χ2v) is 6.73. The third kappa shape index (κ3) is 3.32. The molecule has 1 unspecified atom stereocenters. The van der Waals surface area contributed by atoms with E-state index in [4.69, 9.17) is 4.74 Å². The summed E-state index contributed by atoms with van der Waals surface area (Å²) in [5.41, 5.74) is 1.60. The number of benzene rings is 1. The number of piperidine rings is 1. The SMILES string of the molecule is COC(=O)c1cc(F)ccc1N1CCN(C2CCCNC2)c2ncncc21. The van der Waals surface area contributed by atoms with Gasteiger partial charge in [-0.25, -0.2) is 19.2 Å². The Hall–Kier alpha value is -2.74. The fraction of sp³-hybridized carbons (Fsp3) is 0.421. The number of aromatic nitrogens is 2. The van der Waals surface area contributed by atoms with Crippen LogP contribution in [0.5, 0.6) is 0 Å². The first kappa shape index (κ1) is 17.7. The normalized spacial score (nSPS) is 19.6. The molecule has 0 amide bonds. The molecule has 2 aliphatic heterocycles. The molecule has 8 heteroatoms. The van der Waals surface area contributed by atoms with Crippen molar-refractivity contribution in [3.8, 4) is 0 Å². The van der Waals surface area contributed by atoms with Gasteiger partial charge < -0.3 is 19.9 Å². The van der Waals surface area contributed by atoms with Crippen molar-refractivity contribution in [2.45, 2.75) is 18.9 Å². The van der Waals surface area contributed by atoms with Gasteiger partial charge in [-0.3, -0.25) is 0 Å². The van der Waals surface area contributed by atoms with Gasteiger partial charge >= 0.3 is 5.97 Å². The van der Waals surface area contributed by atoms with Gasteiger partial charge in [-0.2, -0.15) is 0 Å². The van der Waals surface area contributed by atoms with Gasteiger partial charge in [-0.05, 0) is 37.6 Å². The number of carbonyl (C=O) groups is 1. The molecule has 1 atom stereocenters. The summed E-state index contributed by atoms with van der Waals surface area (Å²) in [5, 5.41) is 3.44. The van der Waals surface area contributed by atoms with Gasteiger partial charge in [0.2, 0.25) is 0 Å². The van der Waals surface area contributed by atoms with Crippen LogP contribution in [0.1, 0.15) is 23.2 Å². The van der Waals surface area contributed by atoms with Crippen molar-refractivity contribution in [3.63, 3.8) is 0 Å². The fourth-order valence-electron chi connectivity index (χ4n) is 3.88. The number of esters is 1. The van der Waals surface area contributed by atoms with Crippen molar-refractivity contribution in [1.29, 1.82) is 0 Å². The lowest BCUT2D eigenvalue weighted by atomic mass is 10.0. The maximum absolute atomic E-state index is 13.7. The van der Waals surface area contributed by atoms with Crippen LogP contribution in [0, 0.1) is 5.82 Å². The Labute approximate surface area is 157 Å². The number of hydrogen-bond acceptors (Lipinski definition) is 7. The Kier molecular flexibility index (Phi) is 4.89. The van der Waals surface area contributed by atoms with E-state index in [1.54, 1.807) is 12.3 Å². The first-order chi connectivity index (χ1) is 13.2. The Morgan fingerprint density at radius 1 is 1.33 bits per heavy atom. The molecule has 27 heavy (non-hydrogen) atoms. The standard InChI is InChI=1S/C19H22FN5O2/c1-27-19(26)15-9-13(20)4-5-16(15)25-8-7-24(14-3-2-6-21-10-14)18-17(25)11-22-12-23-18/h4-5,9,11-12,14,21H,2-3,6-8,10H2,1H3. The smallest absolute Gasteiger partial charge is 0.340 e. The number of rotatable bonds is 3. The summed E-state index contributed by atoms with van der Waals surface area (Å²) in [7, 11) is 1.29. The molecular formula is C19H22FN5O2. The van der Waals surface area contributed by atoms with Crippen molar-refractivity contribution in [2.75, 3.05) is 43.1 Å². The molecule has 1 aromatic carbocycles. The monoisotopic (exact) mass is 371 g/mol. The van der Waals surface area contributed by atoms with E-state index in [1.807, 2.05) is 4.90 Å². The molecule has 1 fully saturated rings. The number of hydrogen-bond donors (Lipinski definition) is 1. The number of halogens is 1. The highest BCUT2D eigenvalue weighted by Gasteiger charge is 2.32. The molecule has 1 saturated heterocycles. The van der Waals surface area contributed by atoms with E-state index < -0.39 is 11.8 Å². The molecule has 4 rings (SSSR count). The van der Waals surface area contributed by atoms with Crippen molar-refractivity contribution >= 4 is 23.2 Å². The minimum Gasteiger partial charge on any atom is -0.465 e. The Morgan fingerprint density at radius 3 is 3.00 bits per heavy atom. The average molecular weight is 371 g/mol. The molecule has 2 aromatic rings. The molecule has 0 bridgehead atoms. The number of methoxy groups -OCH3 is 1. The van der Waals surface area contributed by atoms with E-state index in [1.165, 1.54) is 25.6 Å². The second-order valence-electron chi connectivity index (χ2n) is 6.73.